The molecule has 0 aliphatic heterocycles. The van der Waals surface area contributed by atoms with Gasteiger partial charge < -0.3 is 26.0 Å². The van der Waals surface area contributed by atoms with Crippen LogP contribution in [-0.2, 0) is 14.3 Å². The lowest BCUT2D eigenvalue weighted by molar-refractivity contribution is -0.124. The summed E-state index contributed by atoms with van der Waals surface area (Å²) in [6.07, 6.45) is 4.53. The van der Waals surface area contributed by atoms with E-state index in [1.807, 2.05) is 26.0 Å². The Morgan fingerprint density at radius 2 is 1.48 bits per heavy atom. The van der Waals surface area contributed by atoms with E-state index in [1.54, 1.807) is 27.7 Å². The maximum absolute atomic E-state index is 12.4. The van der Waals surface area contributed by atoms with Crippen LogP contribution in [0.5, 0.6) is 0 Å². The molecule has 0 aliphatic rings. The molecule has 0 aromatic heterocycles. The van der Waals surface area contributed by atoms with Crippen molar-refractivity contribution in [1.29, 1.82) is 5.41 Å². The molecule has 0 aromatic rings. The molecule has 0 aromatic carbocycles. The van der Waals surface area contributed by atoms with E-state index >= 15 is 0 Å². The maximum Gasteiger partial charge on any atom is 0.408 e. The summed E-state index contributed by atoms with van der Waals surface area (Å²) in [4.78, 5) is 35.7. The highest BCUT2D eigenvalue weighted by molar-refractivity contribution is 5.86. The van der Waals surface area contributed by atoms with Crippen molar-refractivity contribution in [3.63, 3.8) is 0 Å². The Hall–Kier alpha value is -2.58. The molecule has 0 unspecified atom stereocenters. The molecule has 0 saturated carbocycles. The van der Waals surface area contributed by atoms with Crippen LogP contribution in [0, 0.1) is 11.3 Å². The molecule has 166 valence electrons. The van der Waals surface area contributed by atoms with Crippen molar-refractivity contribution in [2.45, 2.75) is 66.0 Å². The number of amides is 3. The van der Waals surface area contributed by atoms with E-state index in [2.05, 4.69) is 21.3 Å². The number of hydrogen-bond donors (Lipinski definition) is 5. The van der Waals surface area contributed by atoms with Crippen LogP contribution in [0.1, 0.15) is 54.4 Å². The summed E-state index contributed by atoms with van der Waals surface area (Å²) >= 11 is 0. The molecule has 29 heavy (non-hydrogen) atoms. The molecular weight excluding hydrogens is 374 g/mol. The van der Waals surface area contributed by atoms with Gasteiger partial charge >= 0.3 is 6.09 Å². The quantitative estimate of drug-likeness (QED) is 0.153. The summed E-state index contributed by atoms with van der Waals surface area (Å²) in [5.41, 5.74) is -0.671. The van der Waals surface area contributed by atoms with E-state index < -0.39 is 17.7 Å². The molecule has 0 heterocycles. The van der Waals surface area contributed by atoms with E-state index in [-0.39, 0.29) is 30.1 Å². The van der Waals surface area contributed by atoms with Gasteiger partial charge in [-0.25, -0.2) is 4.79 Å². The molecule has 5 N–H and O–H groups in total. The third kappa shape index (κ3) is 15.1. The average Bonchev–Trinajstić information content (AvgIpc) is 2.58. The minimum Gasteiger partial charge on any atom is -0.444 e. The van der Waals surface area contributed by atoms with Crippen molar-refractivity contribution < 1.29 is 19.1 Å². The van der Waals surface area contributed by atoms with Crippen LogP contribution >= 0.6 is 0 Å². The lowest BCUT2D eigenvalue weighted by Gasteiger charge is -2.23. The van der Waals surface area contributed by atoms with Gasteiger partial charge in [0.25, 0.3) is 0 Å². The van der Waals surface area contributed by atoms with Crippen LogP contribution in [0.3, 0.4) is 0 Å². The first-order valence-electron chi connectivity index (χ1n) is 9.91. The molecular formula is C20H37N5O4. The van der Waals surface area contributed by atoms with Crippen molar-refractivity contribution in [3.05, 3.63) is 12.2 Å². The molecule has 0 fully saturated rings. The van der Waals surface area contributed by atoms with Gasteiger partial charge in [-0.15, -0.1) is 0 Å². The highest BCUT2D eigenvalue weighted by Crippen LogP contribution is 2.06. The second-order valence-electron chi connectivity index (χ2n) is 7.99. The molecule has 3 amide bonds. The van der Waals surface area contributed by atoms with Gasteiger partial charge in [0, 0.05) is 25.6 Å². The lowest BCUT2D eigenvalue weighted by atomic mass is 10.2. The first kappa shape index (κ1) is 26.4. The summed E-state index contributed by atoms with van der Waals surface area (Å²) in [6, 6.07) is -0.861. The number of alkyl carbamates (subject to hydrolysis) is 1. The van der Waals surface area contributed by atoms with Gasteiger partial charge in [0.1, 0.15) is 11.6 Å². The molecule has 0 rings (SSSR count). The number of carbonyl (C=O) groups is 3. The van der Waals surface area contributed by atoms with E-state index in [1.165, 1.54) is 0 Å². The van der Waals surface area contributed by atoms with Gasteiger partial charge in [-0.05, 0) is 40.5 Å². The highest BCUT2D eigenvalue weighted by atomic mass is 16.6. The largest absolute Gasteiger partial charge is 0.444 e. The van der Waals surface area contributed by atoms with Crippen LogP contribution in [0.15, 0.2) is 12.2 Å². The fraction of sp³-hybridized carbons (Fsp3) is 0.700. The van der Waals surface area contributed by atoms with Crippen LogP contribution in [0.4, 0.5) is 4.79 Å². The predicted molar refractivity (Wildman–Crippen MR) is 114 cm³/mol. The van der Waals surface area contributed by atoms with Crippen LogP contribution < -0.4 is 21.3 Å². The SMILES string of the molecule is CC(=N)NC[C@@H](NC(=O)OC(C)(C)C)C(=O)NCCC=CCCNC(=O)C(C)C. The Morgan fingerprint density at radius 1 is 0.966 bits per heavy atom. The van der Waals surface area contributed by atoms with Crippen LogP contribution in [0.25, 0.3) is 0 Å². The van der Waals surface area contributed by atoms with Crippen LogP contribution in [0.2, 0.25) is 0 Å². The normalized spacial score (nSPS) is 12.4. The number of nitrogens with one attached hydrogen (secondary N) is 5. The molecule has 1 atom stereocenters. The van der Waals surface area contributed by atoms with Crippen LogP contribution in [-0.4, -0.2) is 55.0 Å². The van der Waals surface area contributed by atoms with E-state index in [4.69, 9.17) is 10.1 Å². The van der Waals surface area contributed by atoms with Gasteiger partial charge in [0.05, 0.1) is 5.84 Å². The van der Waals surface area contributed by atoms with Crippen molar-refractivity contribution in [1.82, 2.24) is 21.3 Å². The second-order valence-corrected chi connectivity index (χ2v) is 7.99. The smallest absolute Gasteiger partial charge is 0.408 e. The summed E-state index contributed by atoms with van der Waals surface area (Å²) in [5.74, 6) is -0.159. The first-order chi connectivity index (χ1) is 13.4. The molecule has 0 saturated heterocycles. The molecule has 0 radical (unpaired) electrons. The Kier molecular flexibility index (Phi) is 12.4. The third-order valence-corrected chi connectivity index (χ3v) is 3.49. The zero-order valence-corrected chi connectivity index (χ0v) is 18.5. The lowest BCUT2D eigenvalue weighted by Crippen LogP contribution is -2.53. The zero-order chi connectivity index (χ0) is 22.4. The minimum atomic E-state index is -0.861. The van der Waals surface area contributed by atoms with E-state index in [9.17, 15) is 14.4 Å². The summed E-state index contributed by atoms with van der Waals surface area (Å²) in [5, 5.41) is 18.3. The van der Waals surface area contributed by atoms with Gasteiger partial charge in [-0.2, -0.15) is 0 Å². The maximum atomic E-state index is 12.4. The topological polar surface area (TPSA) is 132 Å². The summed E-state index contributed by atoms with van der Waals surface area (Å²) < 4.78 is 5.18. The fourth-order valence-electron chi connectivity index (χ4n) is 2.03. The van der Waals surface area contributed by atoms with Crippen molar-refractivity contribution >= 4 is 23.7 Å². The molecule has 9 heteroatoms. The third-order valence-electron chi connectivity index (χ3n) is 3.49. The number of amidine groups is 1. The number of rotatable bonds is 11. The molecule has 0 spiro atoms. The number of carbonyl (C=O) groups excluding carboxylic acids is 3. The Labute approximate surface area is 173 Å². The first-order valence-corrected chi connectivity index (χ1v) is 9.91. The van der Waals surface area contributed by atoms with Gasteiger partial charge in [-0.3, -0.25) is 15.0 Å². The van der Waals surface area contributed by atoms with Gasteiger partial charge in [0.15, 0.2) is 0 Å². The average molecular weight is 412 g/mol. The number of ether oxygens (including phenoxy) is 1. The standard InChI is InChI=1S/C20H37N5O4/c1-14(2)17(26)22-11-9-7-8-10-12-23-18(27)16(13-24-15(3)21)25-19(28)29-20(4,5)6/h7-8,14,16H,9-13H2,1-6H3,(H2,21,24)(H,22,26)(H,23,27)(H,25,28)/t16-/m1/s1. The molecule has 9 nitrogen and oxygen atoms in total. The molecule has 0 aliphatic carbocycles. The monoisotopic (exact) mass is 411 g/mol. The summed E-state index contributed by atoms with van der Waals surface area (Å²) in [7, 11) is 0. The van der Waals surface area contributed by atoms with Gasteiger partial charge in [-0.1, -0.05) is 26.0 Å². The van der Waals surface area contributed by atoms with Crippen molar-refractivity contribution in [3.8, 4) is 0 Å². The number of hydrogen-bond acceptors (Lipinski definition) is 5. The Balaban J connectivity index is 4.34. The van der Waals surface area contributed by atoms with Crippen molar-refractivity contribution in [2.24, 2.45) is 5.92 Å². The van der Waals surface area contributed by atoms with Crippen molar-refractivity contribution in [2.75, 3.05) is 19.6 Å². The predicted octanol–water partition coefficient (Wildman–Crippen LogP) is 1.69. The minimum absolute atomic E-state index is 0.0256. The fourth-order valence-corrected chi connectivity index (χ4v) is 2.03. The second kappa shape index (κ2) is 13.6. The Morgan fingerprint density at radius 3 is 1.93 bits per heavy atom. The van der Waals surface area contributed by atoms with E-state index in [0.717, 1.165) is 6.42 Å². The summed E-state index contributed by atoms with van der Waals surface area (Å²) in [6.45, 7) is 11.5. The van der Waals surface area contributed by atoms with Gasteiger partial charge in [0.2, 0.25) is 11.8 Å². The highest BCUT2D eigenvalue weighted by Gasteiger charge is 2.24. The Bertz CT molecular complexity index is 582. The zero-order valence-electron chi connectivity index (χ0n) is 18.5. The van der Waals surface area contributed by atoms with E-state index in [0.29, 0.717) is 19.5 Å². The molecule has 0 bridgehead atoms.